The van der Waals surface area contributed by atoms with E-state index in [-0.39, 0.29) is 24.3 Å². The fourth-order valence-corrected chi connectivity index (χ4v) is 3.52. The summed E-state index contributed by atoms with van der Waals surface area (Å²) in [6, 6.07) is 3.23. The molecular formula is C13H18N2O5S. The number of nitrogens with one attached hydrogen (secondary N) is 1. The lowest BCUT2D eigenvalue weighted by Gasteiger charge is -2.26. The van der Waals surface area contributed by atoms with Crippen LogP contribution in [0.15, 0.2) is 12.1 Å². The number of nitrogens with zero attached hydrogens (tertiary/aromatic N) is 1. The summed E-state index contributed by atoms with van der Waals surface area (Å²) in [5.41, 5.74) is 1.36. The average molecular weight is 314 g/mol. The lowest BCUT2D eigenvalue weighted by Crippen LogP contribution is -2.43. The highest BCUT2D eigenvalue weighted by atomic mass is 32.2. The average Bonchev–Trinajstić information content (AvgIpc) is 2.37. The molecule has 0 bridgehead atoms. The molecule has 7 nitrogen and oxygen atoms in total. The van der Waals surface area contributed by atoms with Gasteiger partial charge < -0.3 is 9.84 Å². The Bertz CT molecular complexity index is 651. The van der Waals surface area contributed by atoms with Gasteiger partial charge in [-0.15, -0.1) is 0 Å². The van der Waals surface area contributed by atoms with Gasteiger partial charge in [-0.2, -0.15) is 12.7 Å². The number of rotatable bonds is 4. The molecule has 2 rings (SSSR count). The fourth-order valence-electron chi connectivity index (χ4n) is 2.32. The van der Waals surface area contributed by atoms with E-state index in [1.54, 1.807) is 19.9 Å². The highest BCUT2D eigenvalue weighted by molar-refractivity contribution is 7.90. The first kappa shape index (κ1) is 15.7. The first-order chi connectivity index (χ1) is 9.81. The van der Waals surface area contributed by atoms with E-state index in [1.165, 1.54) is 10.4 Å². The van der Waals surface area contributed by atoms with Crippen molar-refractivity contribution in [2.24, 2.45) is 0 Å². The van der Waals surface area contributed by atoms with Gasteiger partial charge in [-0.05, 0) is 31.0 Å². The summed E-state index contributed by atoms with van der Waals surface area (Å²) in [5, 5.41) is 9.28. The van der Waals surface area contributed by atoms with E-state index in [4.69, 9.17) is 4.74 Å². The standard InChI is InChI=1S/C13H18N2O5S/c1-9-7-10(2)12(13(16)17)11(8-9)14-21(18,19)15-3-5-20-6-4-15/h7-8,14H,3-6H2,1-2H3,(H,16,17). The summed E-state index contributed by atoms with van der Waals surface area (Å²) in [4.78, 5) is 11.3. The van der Waals surface area contributed by atoms with Crippen LogP contribution in [0, 0.1) is 13.8 Å². The zero-order chi connectivity index (χ0) is 15.6. The number of aryl methyl sites for hydroxylation is 2. The number of carbonyl (C=O) groups is 1. The van der Waals surface area contributed by atoms with Crippen molar-refractivity contribution in [3.05, 3.63) is 28.8 Å². The van der Waals surface area contributed by atoms with Gasteiger partial charge in [0, 0.05) is 13.1 Å². The van der Waals surface area contributed by atoms with Gasteiger partial charge in [-0.1, -0.05) is 6.07 Å². The zero-order valence-electron chi connectivity index (χ0n) is 11.9. The van der Waals surface area contributed by atoms with Gasteiger partial charge in [0.15, 0.2) is 0 Å². The third-order valence-electron chi connectivity index (χ3n) is 3.24. The largest absolute Gasteiger partial charge is 0.478 e. The van der Waals surface area contributed by atoms with Crippen molar-refractivity contribution in [3.8, 4) is 0 Å². The lowest BCUT2D eigenvalue weighted by molar-refractivity contribution is 0.0697. The van der Waals surface area contributed by atoms with Crippen LogP contribution >= 0.6 is 0 Å². The van der Waals surface area contributed by atoms with Crippen LogP contribution < -0.4 is 4.72 Å². The molecule has 1 aromatic carbocycles. The summed E-state index contributed by atoms with van der Waals surface area (Å²) in [6.07, 6.45) is 0. The minimum atomic E-state index is -3.79. The van der Waals surface area contributed by atoms with Gasteiger partial charge in [0.1, 0.15) is 0 Å². The fraction of sp³-hybridized carbons (Fsp3) is 0.462. The molecule has 0 amide bonds. The molecule has 8 heteroatoms. The van der Waals surface area contributed by atoms with Crippen LogP contribution in [0.3, 0.4) is 0 Å². The highest BCUT2D eigenvalue weighted by Crippen LogP contribution is 2.24. The van der Waals surface area contributed by atoms with Gasteiger partial charge in [0.25, 0.3) is 0 Å². The SMILES string of the molecule is Cc1cc(C)c(C(=O)O)c(NS(=O)(=O)N2CCOCC2)c1. The molecular weight excluding hydrogens is 296 g/mol. The van der Waals surface area contributed by atoms with Gasteiger partial charge in [-0.25, -0.2) is 4.79 Å². The van der Waals surface area contributed by atoms with Crippen LogP contribution in [0.1, 0.15) is 21.5 Å². The third-order valence-corrected chi connectivity index (χ3v) is 4.77. The van der Waals surface area contributed by atoms with E-state index in [0.29, 0.717) is 18.8 Å². The molecule has 0 saturated carbocycles. The molecule has 0 atom stereocenters. The van der Waals surface area contributed by atoms with Gasteiger partial charge in [-0.3, -0.25) is 4.72 Å². The number of aromatic carboxylic acids is 1. The maximum Gasteiger partial charge on any atom is 0.338 e. The molecule has 0 aromatic heterocycles. The van der Waals surface area contributed by atoms with Crippen molar-refractivity contribution in [2.75, 3.05) is 31.0 Å². The van der Waals surface area contributed by atoms with E-state index in [9.17, 15) is 18.3 Å². The van der Waals surface area contributed by atoms with Crippen molar-refractivity contribution in [3.63, 3.8) is 0 Å². The molecule has 0 radical (unpaired) electrons. The minimum absolute atomic E-state index is 0.0302. The van der Waals surface area contributed by atoms with Gasteiger partial charge in [0.05, 0.1) is 24.5 Å². The van der Waals surface area contributed by atoms with Crippen LogP contribution in [-0.4, -0.2) is 50.1 Å². The molecule has 1 aliphatic rings. The Hall–Kier alpha value is -1.64. The molecule has 0 spiro atoms. The Kier molecular flexibility index (Phi) is 4.50. The van der Waals surface area contributed by atoms with E-state index in [0.717, 1.165) is 5.56 Å². The number of carboxylic acid groups (broad SMARTS) is 1. The second kappa shape index (κ2) is 6.00. The highest BCUT2D eigenvalue weighted by Gasteiger charge is 2.26. The van der Waals surface area contributed by atoms with Crippen LogP contribution in [0.25, 0.3) is 0 Å². The molecule has 0 aliphatic carbocycles. The monoisotopic (exact) mass is 314 g/mol. The maximum atomic E-state index is 12.3. The zero-order valence-corrected chi connectivity index (χ0v) is 12.7. The molecule has 1 heterocycles. The predicted octanol–water partition coefficient (Wildman–Crippen LogP) is 0.991. The minimum Gasteiger partial charge on any atom is -0.478 e. The molecule has 21 heavy (non-hydrogen) atoms. The normalized spacial score (nSPS) is 16.7. The third kappa shape index (κ3) is 3.52. The molecule has 1 saturated heterocycles. The van der Waals surface area contributed by atoms with Crippen molar-refractivity contribution in [1.82, 2.24) is 4.31 Å². The second-order valence-electron chi connectivity index (χ2n) is 4.93. The summed E-state index contributed by atoms with van der Waals surface area (Å²) >= 11 is 0. The Morgan fingerprint density at radius 1 is 1.29 bits per heavy atom. The topological polar surface area (TPSA) is 95.9 Å². The van der Waals surface area contributed by atoms with Gasteiger partial charge >= 0.3 is 16.2 Å². The molecule has 116 valence electrons. The molecule has 0 unspecified atom stereocenters. The van der Waals surface area contributed by atoms with Crippen molar-refractivity contribution < 1.29 is 23.1 Å². The van der Waals surface area contributed by atoms with Crippen LogP contribution in [0.2, 0.25) is 0 Å². The number of ether oxygens (including phenoxy) is 1. The number of hydrogen-bond donors (Lipinski definition) is 2. The lowest BCUT2D eigenvalue weighted by atomic mass is 10.0. The second-order valence-corrected chi connectivity index (χ2v) is 6.60. The van der Waals surface area contributed by atoms with Crippen LogP contribution in [-0.2, 0) is 14.9 Å². The van der Waals surface area contributed by atoms with Crippen LogP contribution in [0.4, 0.5) is 5.69 Å². The first-order valence-electron chi connectivity index (χ1n) is 6.51. The number of morpholine rings is 1. The molecule has 1 fully saturated rings. The molecule has 1 aromatic rings. The van der Waals surface area contributed by atoms with E-state index >= 15 is 0 Å². The number of benzene rings is 1. The van der Waals surface area contributed by atoms with E-state index < -0.39 is 16.2 Å². The molecule has 2 N–H and O–H groups in total. The smallest absolute Gasteiger partial charge is 0.338 e. The summed E-state index contributed by atoms with van der Waals surface area (Å²) in [5.74, 6) is -1.16. The van der Waals surface area contributed by atoms with E-state index in [1.807, 2.05) is 0 Å². The summed E-state index contributed by atoms with van der Waals surface area (Å²) in [6.45, 7) is 4.60. The van der Waals surface area contributed by atoms with E-state index in [2.05, 4.69) is 4.72 Å². The Morgan fingerprint density at radius 2 is 1.90 bits per heavy atom. The quantitative estimate of drug-likeness (QED) is 0.864. The maximum absolute atomic E-state index is 12.3. The van der Waals surface area contributed by atoms with Crippen molar-refractivity contribution in [2.45, 2.75) is 13.8 Å². The van der Waals surface area contributed by atoms with Crippen molar-refractivity contribution >= 4 is 21.9 Å². The van der Waals surface area contributed by atoms with Gasteiger partial charge in [0.2, 0.25) is 0 Å². The van der Waals surface area contributed by atoms with Crippen molar-refractivity contribution in [1.29, 1.82) is 0 Å². The predicted molar refractivity (Wildman–Crippen MR) is 77.8 cm³/mol. The summed E-state index contributed by atoms with van der Waals surface area (Å²) in [7, 11) is -3.79. The Labute approximate surface area is 123 Å². The number of anilines is 1. The number of hydrogen-bond acceptors (Lipinski definition) is 4. The summed E-state index contributed by atoms with van der Waals surface area (Å²) < 4.78 is 33.4. The Morgan fingerprint density at radius 3 is 2.48 bits per heavy atom. The first-order valence-corrected chi connectivity index (χ1v) is 7.95. The number of carboxylic acids is 1. The van der Waals surface area contributed by atoms with Crippen LogP contribution in [0.5, 0.6) is 0 Å². The molecule has 1 aliphatic heterocycles. The Balaban J connectivity index is 2.36.